The summed E-state index contributed by atoms with van der Waals surface area (Å²) in [5, 5.41) is 9.08. The summed E-state index contributed by atoms with van der Waals surface area (Å²) in [4.78, 5) is 27.0. The molecule has 5 heteroatoms. The minimum Gasteiger partial charge on any atom is -0.480 e. The molecule has 5 nitrogen and oxygen atoms in total. The zero-order valence-corrected chi connectivity index (χ0v) is 12.1. The van der Waals surface area contributed by atoms with Gasteiger partial charge in [-0.25, -0.2) is 4.98 Å². The summed E-state index contributed by atoms with van der Waals surface area (Å²) in [6, 6.07) is 5.18. The normalized spacial score (nSPS) is 11.8. The molecule has 1 aromatic carbocycles. The molecule has 2 aromatic rings. The van der Waals surface area contributed by atoms with E-state index < -0.39 is 5.97 Å². The maximum absolute atomic E-state index is 11.4. The van der Waals surface area contributed by atoms with E-state index in [1.54, 1.807) is 22.8 Å². The molecule has 0 bridgehead atoms. The Balaban J connectivity index is 2.71. The number of nitrogens with zero attached hydrogens (tertiary/aromatic N) is 2. The first-order valence-corrected chi connectivity index (χ1v) is 6.43. The molecule has 0 spiro atoms. The van der Waals surface area contributed by atoms with Gasteiger partial charge in [-0.15, -0.1) is 0 Å². The lowest BCUT2D eigenvalue weighted by Crippen LogP contribution is -2.21. The van der Waals surface area contributed by atoms with Crippen LogP contribution in [0, 0.1) is 0 Å². The van der Waals surface area contributed by atoms with Gasteiger partial charge in [-0.2, -0.15) is 0 Å². The quantitative estimate of drug-likeness (QED) is 0.873. The molecule has 2 rings (SSSR count). The summed E-state index contributed by atoms with van der Waals surface area (Å²) in [6.07, 6.45) is 0. The number of hydrogen-bond acceptors (Lipinski definition) is 3. The lowest BCUT2D eigenvalue weighted by molar-refractivity contribution is -0.137. The van der Waals surface area contributed by atoms with Crippen molar-refractivity contribution in [2.45, 2.75) is 39.7 Å². The van der Waals surface area contributed by atoms with Crippen molar-refractivity contribution < 1.29 is 14.7 Å². The van der Waals surface area contributed by atoms with Crippen molar-refractivity contribution in [1.82, 2.24) is 9.55 Å². The lowest BCUT2D eigenvalue weighted by atomic mass is 9.95. The second-order valence-electron chi connectivity index (χ2n) is 5.92. The molecule has 0 saturated carbocycles. The number of imidazole rings is 1. The van der Waals surface area contributed by atoms with Gasteiger partial charge in [0.15, 0.2) is 5.78 Å². The van der Waals surface area contributed by atoms with Crippen LogP contribution in [-0.2, 0) is 16.8 Å². The number of carbonyl (C=O) groups is 2. The van der Waals surface area contributed by atoms with E-state index in [9.17, 15) is 9.59 Å². The Morgan fingerprint density at radius 3 is 2.45 bits per heavy atom. The Hall–Kier alpha value is -2.17. The second kappa shape index (κ2) is 4.74. The summed E-state index contributed by atoms with van der Waals surface area (Å²) in [6.45, 7) is 7.32. The zero-order valence-electron chi connectivity index (χ0n) is 12.1. The Bertz CT molecular complexity index is 693. The zero-order chi connectivity index (χ0) is 15.1. The van der Waals surface area contributed by atoms with Gasteiger partial charge in [0.1, 0.15) is 12.4 Å². The standard InChI is InChI=1S/C15H18N2O3/c1-9(18)10-5-6-12-11(7-10)16-14(15(2,3)4)17(12)8-13(19)20/h5-7H,8H2,1-4H3,(H,19,20). The van der Waals surface area contributed by atoms with Crippen molar-refractivity contribution in [2.75, 3.05) is 0 Å². The van der Waals surface area contributed by atoms with Crippen molar-refractivity contribution >= 4 is 22.8 Å². The largest absolute Gasteiger partial charge is 0.480 e. The van der Waals surface area contributed by atoms with Crippen LogP contribution in [0.3, 0.4) is 0 Å². The maximum atomic E-state index is 11.4. The Labute approximate surface area is 117 Å². The summed E-state index contributed by atoms with van der Waals surface area (Å²) < 4.78 is 1.70. The molecule has 0 radical (unpaired) electrons. The third kappa shape index (κ3) is 2.57. The summed E-state index contributed by atoms with van der Waals surface area (Å²) >= 11 is 0. The molecule has 0 amide bonds. The van der Waals surface area contributed by atoms with Gasteiger partial charge in [-0.05, 0) is 25.1 Å². The van der Waals surface area contributed by atoms with Gasteiger partial charge >= 0.3 is 5.97 Å². The van der Waals surface area contributed by atoms with Crippen LogP contribution in [0.2, 0.25) is 0 Å². The fourth-order valence-electron chi connectivity index (χ4n) is 2.22. The molecule has 0 saturated heterocycles. The number of carboxylic acids is 1. The van der Waals surface area contributed by atoms with Gasteiger partial charge in [0.25, 0.3) is 0 Å². The van der Waals surface area contributed by atoms with Crippen LogP contribution in [0.4, 0.5) is 0 Å². The second-order valence-corrected chi connectivity index (χ2v) is 5.92. The van der Waals surface area contributed by atoms with Crippen LogP contribution in [0.1, 0.15) is 43.9 Å². The number of Topliss-reactive ketones (excluding diaryl/α,β-unsaturated/α-hetero) is 1. The SMILES string of the molecule is CC(=O)c1ccc2c(c1)nc(C(C)(C)C)n2CC(=O)O. The predicted molar refractivity (Wildman–Crippen MR) is 76.1 cm³/mol. The molecular weight excluding hydrogens is 256 g/mol. The van der Waals surface area contributed by atoms with Gasteiger partial charge in [0.2, 0.25) is 0 Å². The first-order valence-electron chi connectivity index (χ1n) is 6.43. The molecule has 1 aromatic heterocycles. The average Bonchev–Trinajstić information content (AvgIpc) is 2.66. The molecule has 0 atom stereocenters. The highest BCUT2D eigenvalue weighted by Crippen LogP contribution is 2.27. The van der Waals surface area contributed by atoms with E-state index in [0.29, 0.717) is 16.9 Å². The van der Waals surface area contributed by atoms with Gasteiger partial charge < -0.3 is 9.67 Å². The monoisotopic (exact) mass is 274 g/mol. The molecule has 0 fully saturated rings. The van der Waals surface area contributed by atoms with Gasteiger partial charge in [0, 0.05) is 11.0 Å². The van der Waals surface area contributed by atoms with E-state index >= 15 is 0 Å². The minimum atomic E-state index is -0.912. The first-order chi connectivity index (χ1) is 9.20. The number of aliphatic carboxylic acids is 1. The molecule has 1 N–H and O–H groups in total. The molecule has 0 unspecified atom stereocenters. The fourth-order valence-corrected chi connectivity index (χ4v) is 2.22. The summed E-state index contributed by atoms with van der Waals surface area (Å²) in [5.41, 5.74) is 1.70. The number of benzene rings is 1. The van der Waals surface area contributed by atoms with Crippen molar-refractivity contribution in [1.29, 1.82) is 0 Å². The van der Waals surface area contributed by atoms with Crippen LogP contribution in [0.5, 0.6) is 0 Å². The van der Waals surface area contributed by atoms with Gasteiger partial charge in [-0.1, -0.05) is 20.8 Å². The van der Waals surface area contributed by atoms with Gasteiger partial charge in [0.05, 0.1) is 11.0 Å². The molecule has 0 aliphatic rings. The first kappa shape index (κ1) is 14.2. The van der Waals surface area contributed by atoms with Crippen LogP contribution < -0.4 is 0 Å². The van der Waals surface area contributed by atoms with E-state index in [1.807, 2.05) is 20.8 Å². The highest BCUT2D eigenvalue weighted by atomic mass is 16.4. The Morgan fingerprint density at radius 2 is 1.95 bits per heavy atom. The maximum Gasteiger partial charge on any atom is 0.323 e. The number of fused-ring (bicyclic) bond motifs is 1. The molecule has 20 heavy (non-hydrogen) atoms. The van der Waals surface area contributed by atoms with Crippen LogP contribution in [-0.4, -0.2) is 26.4 Å². The smallest absolute Gasteiger partial charge is 0.323 e. The highest BCUT2D eigenvalue weighted by Gasteiger charge is 2.24. The number of ketones is 1. The fraction of sp³-hybridized carbons (Fsp3) is 0.400. The van der Waals surface area contributed by atoms with E-state index in [-0.39, 0.29) is 17.7 Å². The van der Waals surface area contributed by atoms with E-state index in [4.69, 9.17) is 5.11 Å². The van der Waals surface area contributed by atoms with Crippen LogP contribution in [0.15, 0.2) is 18.2 Å². The van der Waals surface area contributed by atoms with Gasteiger partial charge in [-0.3, -0.25) is 9.59 Å². The Kier molecular flexibility index (Phi) is 3.38. The summed E-state index contributed by atoms with van der Waals surface area (Å²) in [5.74, 6) is -0.238. The van der Waals surface area contributed by atoms with Crippen molar-refractivity contribution in [3.05, 3.63) is 29.6 Å². The number of carbonyl (C=O) groups excluding carboxylic acids is 1. The van der Waals surface area contributed by atoms with Crippen LogP contribution in [0.25, 0.3) is 11.0 Å². The molecule has 106 valence electrons. The topological polar surface area (TPSA) is 72.2 Å². The van der Waals surface area contributed by atoms with E-state index in [1.165, 1.54) is 6.92 Å². The third-order valence-corrected chi connectivity index (χ3v) is 3.12. The van der Waals surface area contributed by atoms with Crippen molar-refractivity contribution in [2.24, 2.45) is 0 Å². The van der Waals surface area contributed by atoms with E-state index in [2.05, 4.69) is 4.98 Å². The molecular formula is C15H18N2O3. The number of carboxylic acid groups (broad SMARTS) is 1. The molecule has 0 aliphatic heterocycles. The average molecular weight is 274 g/mol. The number of rotatable bonds is 3. The Morgan fingerprint density at radius 1 is 1.30 bits per heavy atom. The van der Waals surface area contributed by atoms with E-state index in [0.717, 1.165) is 5.52 Å². The lowest BCUT2D eigenvalue weighted by Gasteiger charge is -2.19. The highest BCUT2D eigenvalue weighted by molar-refractivity contribution is 5.97. The van der Waals surface area contributed by atoms with Crippen molar-refractivity contribution in [3.8, 4) is 0 Å². The predicted octanol–water partition coefficient (Wildman–Crippen LogP) is 2.62. The minimum absolute atomic E-state index is 0.0306. The van der Waals surface area contributed by atoms with Crippen LogP contribution >= 0.6 is 0 Å². The molecule has 1 heterocycles. The number of aromatic nitrogens is 2. The summed E-state index contributed by atoms with van der Waals surface area (Å²) in [7, 11) is 0. The molecule has 0 aliphatic carbocycles. The number of hydrogen-bond donors (Lipinski definition) is 1. The third-order valence-electron chi connectivity index (χ3n) is 3.12. The van der Waals surface area contributed by atoms with Crippen molar-refractivity contribution in [3.63, 3.8) is 0 Å².